The van der Waals surface area contributed by atoms with Crippen molar-refractivity contribution in [3.63, 3.8) is 0 Å². The lowest BCUT2D eigenvalue weighted by Crippen LogP contribution is -2.34. The van der Waals surface area contributed by atoms with Gasteiger partial charge in [-0.05, 0) is 20.8 Å². The number of hydrogen-bond acceptors (Lipinski definition) is 5. The molecule has 17 heavy (non-hydrogen) atoms. The van der Waals surface area contributed by atoms with Crippen LogP contribution in [0.4, 0.5) is 11.6 Å². The van der Waals surface area contributed by atoms with Gasteiger partial charge in [0.05, 0.1) is 6.54 Å². The Morgan fingerprint density at radius 1 is 1.47 bits per heavy atom. The number of anilines is 2. The molecule has 0 saturated carbocycles. The van der Waals surface area contributed by atoms with Crippen molar-refractivity contribution in [1.29, 1.82) is 0 Å². The normalized spacial score (nSPS) is 10.1. The number of nitrogens with one attached hydrogen (secondary N) is 1. The van der Waals surface area contributed by atoms with Gasteiger partial charge in [0.25, 0.3) is 0 Å². The maximum absolute atomic E-state index is 11.0. The van der Waals surface area contributed by atoms with Gasteiger partial charge in [0.15, 0.2) is 0 Å². The maximum atomic E-state index is 11.0. The Balaban J connectivity index is 2.97. The second-order valence-electron chi connectivity index (χ2n) is 3.67. The predicted octanol–water partition coefficient (Wildman–Crippen LogP) is 0.528. The Kier molecular flexibility index (Phi) is 4.68. The SMILES string of the molecule is CCNc1cc(N(CC)CC(N)=O)nc(C)n1. The summed E-state index contributed by atoms with van der Waals surface area (Å²) in [5.41, 5.74) is 5.20. The molecule has 0 aliphatic carbocycles. The number of likely N-dealkylation sites (N-methyl/N-ethyl adjacent to an activating group) is 1. The van der Waals surface area contributed by atoms with Crippen molar-refractivity contribution >= 4 is 17.5 Å². The van der Waals surface area contributed by atoms with Gasteiger partial charge in [0.1, 0.15) is 17.5 Å². The molecular weight excluding hydrogens is 218 g/mol. The van der Waals surface area contributed by atoms with Crippen LogP contribution in [0.15, 0.2) is 6.07 Å². The third kappa shape index (κ3) is 3.90. The van der Waals surface area contributed by atoms with E-state index < -0.39 is 0 Å². The predicted molar refractivity (Wildman–Crippen MR) is 68.0 cm³/mol. The number of nitrogens with two attached hydrogens (primary N) is 1. The van der Waals surface area contributed by atoms with Crippen LogP contribution in [0.1, 0.15) is 19.7 Å². The Morgan fingerprint density at radius 2 is 2.18 bits per heavy atom. The minimum atomic E-state index is -0.367. The number of nitrogens with zero attached hydrogens (tertiary/aromatic N) is 3. The molecule has 3 N–H and O–H groups in total. The molecule has 1 aromatic rings. The maximum Gasteiger partial charge on any atom is 0.236 e. The van der Waals surface area contributed by atoms with E-state index in [-0.39, 0.29) is 12.5 Å². The molecule has 94 valence electrons. The molecule has 6 heteroatoms. The molecule has 1 heterocycles. The van der Waals surface area contributed by atoms with Crippen LogP contribution in [-0.4, -0.2) is 35.5 Å². The first-order valence-corrected chi connectivity index (χ1v) is 5.69. The lowest BCUT2D eigenvalue weighted by Gasteiger charge is -2.21. The molecule has 0 unspecified atom stereocenters. The van der Waals surface area contributed by atoms with Crippen LogP contribution in [0, 0.1) is 6.92 Å². The number of carbonyl (C=O) groups excluding carboxylic acids is 1. The Labute approximate surface area is 101 Å². The number of aromatic nitrogens is 2. The van der Waals surface area contributed by atoms with E-state index in [9.17, 15) is 4.79 Å². The fourth-order valence-corrected chi connectivity index (χ4v) is 1.53. The highest BCUT2D eigenvalue weighted by molar-refractivity contribution is 5.79. The zero-order valence-electron chi connectivity index (χ0n) is 10.5. The van der Waals surface area contributed by atoms with E-state index in [1.807, 2.05) is 31.7 Å². The van der Waals surface area contributed by atoms with Gasteiger partial charge < -0.3 is 16.0 Å². The molecule has 6 nitrogen and oxygen atoms in total. The van der Waals surface area contributed by atoms with E-state index in [0.717, 1.165) is 18.2 Å². The summed E-state index contributed by atoms with van der Waals surface area (Å²) in [5, 5.41) is 3.13. The fraction of sp³-hybridized carbons (Fsp3) is 0.545. The summed E-state index contributed by atoms with van der Waals surface area (Å²) in [5.74, 6) is 1.78. The molecule has 0 bridgehead atoms. The lowest BCUT2D eigenvalue weighted by atomic mass is 10.4. The largest absolute Gasteiger partial charge is 0.370 e. The van der Waals surface area contributed by atoms with Gasteiger partial charge in [0.2, 0.25) is 5.91 Å². The molecule has 0 aliphatic heterocycles. The van der Waals surface area contributed by atoms with Crippen LogP contribution in [0.5, 0.6) is 0 Å². The van der Waals surface area contributed by atoms with E-state index in [0.29, 0.717) is 12.4 Å². The van der Waals surface area contributed by atoms with Crippen LogP contribution in [0.2, 0.25) is 0 Å². The van der Waals surface area contributed by atoms with Crippen LogP contribution < -0.4 is 16.0 Å². The molecular formula is C11H19N5O. The standard InChI is InChI=1S/C11H19N5O/c1-4-13-10-6-11(15-8(3)14-10)16(5-2)7-9(12)17/h6H,4-5,7H2,1-3H3,(H2,12,17)(H,13,14,15). The summed E-state index contributed by atoms with van der Waals surface area (Å²) < 4.78 is 0. The number of carbonyl (C=O) groups is 1. The summed E-state index contributed by atoms with van der Waals surface area (Å²) >= 11 is 0. The molecule has 0 saturated heterocycles. The minimum Gasteiger partial charge on any atom is -0.370 e. The van der Waals surface area contributed by atoms with Gasteiger partial charge in [-0.3, -0.25) is 4.79 Å². The van der Waals surface area contributed by atoms with Gasteiger partial charge in [-0.15, -0.1) is 0 Å². The quantitative estimate of drug-likeness (QED) is 0.754. The second kappa shape index (κ2) is 6.03. The van der Waals surface area contributed by atoms with E-state index in [2.05, 4.69) is 15.3 Å². The van der Waals surface area contributed by atoms with E-state index >= 15 is 0 Å². The number of hydrogen-bond donors (Lipinski definition) is 2. The van der Waals surface area contributed by atoms with Crippen LogP contribution in [-0.2, 0) is 4.79 Å². The Hall–Kier alpha value is -1.85. The van der Waals surface area contributed by atoms with Crippen molar-refractivity contribution in [2.75, 3.05) is 29.9 Å². The molecule has 0 radical (unpaired) electrons. The zero-order chi connectivity index (χ0) is 12.8. The average molecular weight is 237 g/mol. The van der Waals surface area contributed by atoms with Gasteiger partial charge in [-0.1, -0.05) is 0 Å². The third-order valence-electron chi connectivity index (χ3n) is 2.23. The highest BCUT2D eigenvalue weighted by Crippen LogP contribution is 2.15. The first-order valence-electron chi connectivity index (χ1n) is 5.69. The average Bonchev–Trinajstić information content (AvgIpc) is 2.25. The number of amides is 1. The highest BCUT2D eigenvalue weighted by Gasteiger charge is 2.10. The van der Waals surface area contributed by atoms with Crippen molar-refractivity contribution in [2.45, 2.75) is 20.8 Å². The van der Waals surface area contributed by atoms with Crippen LogP contribution >= 0.6 is 0 Å². The molecule has 1 aromatic heterocycles. The van der Waals surface area contributed by atoms with Crippen LogP contribution in [0.3, 0.4) is 0 Å². The fourth-order valence-electron chi connectivity index (χ4n) is 1.53. The summed E-state index contributed by atoms with van der Waals surface area (Å²) in [4.78, 5) is 21.3. The smallest absolute Gasteiger partial charge is 0.236 e. The molecule has 0 atom stereocenters. The van der Waals surface area contributed by atoms with Gasteiger partial charge in [0, 0.05) is 19.2 Å². The van der Waals surface area contributed by atoms with Crippen LogP contribution in [0.25, 0.3) is 0 Å². The van der Waals surface area contributed by atoms with Crippen molar-refractivity contribution < 1.29 is 4.79 Å². The van der Waals surface area contributed by atoms with E-state index in [1.165, 1.54) is 0 Å². The van der Waals surface area contributed by atoms with Crippen molar-refractivity contribution in [3.8, 4) is 0 Å². The number of rotatable bonds is 6. The van der Waals surface area contributed by atoms with Crippen molar-refractivity contribution in [2.24, 2.45) is 5.73 Å². The zero-order valence-corrected chi connectivity index (χ0v) is 10.5. The minimum absolute atomic E-state index is 0.165. The van der Waals surface area contributed by atoms with Gasteiger partial charge in [-0.2, -0.15) is 0 Å². The van der Waals surface area contributed by atoms with E-state index in [4.69, 9.17) is 5.73 Å². The Morgan fingerprint density at radius 3 is 2.71 bits per heavy atom. The first kappa shape index (κ1) is 13.2. The third-order valence-corrected chi connectivity index (χ3v) is 2.23. The van der Waals surface area contributed by atoms with Gasteiger partial charge >= 0.3 is 0 Å². The summed E-state index contributed by atoms with van der Waals surface area (Å²) in [6, 6.07) is 1.82. The molecule has 0 fully saturated rings. The molecule has 1 amide bonds. The summed E-state index contributed by atoms with van der Waals surface area (Å²) in [6.07, 6.45) is 0. The highest BCUT2D eigenvalue weighted by atomic mass is 16.1. The monoisotopic (exact) mass is 237 g/mol. The van der Waals surface area contributed by atoms with E-state index in [1.54, 1.807) is 0 Å². The first-order chi connectivity index (χ1) is 8.06. The topological polar surface area (TPSA) is 84.1 Å². The molecule has 1 rings (SSSR count). The van der Waals surface area contributed by atoms with Gasteiger partial charge in [-0.25, -0.2) is 9.97 Å². The number of aryl methyl sites for hydroxylation is 1. The lowest BCUT2D eigenvalue weighted by molar-refractivity contribution is -0.116. The molecule has 0 spiro atoms. The summed E-state index contributed by atoms with van der Waals surface area (Å²) in [6.45, 7) is 7.40. The summed E-state index contributed by atoms with van der Waals surface area (Å²) in [7, 11) is 0. The second-order valence-corrected chi connectivity index (χ2v) is 3.67. The van der Waals surface area contributed by atoms with Crippen molar-refractivity contribution in [1.82, 2.24) is 9.97 Å². The number of primary amides is 1. The molecule has 0 aliphatic rings. The Bertz CT molecular complexity index is 393. The van der Waals surface area contributed by atoms with Crippen molar-refractivity contribution in [3.05, 3.63) is 11.9 Å². The molecule has 0 aromatic carbocycles.